The van der Waals surface area contributed by atoms with E-state index in [2.05, 4.69) is 5.32 Å². The minimum atomic E-state index is -0.912. The summed E-state index contributed by atoms with van der Waals surface area (Å²) in [5.74, 6) is -0.239. The summed E-state index contributed by atoms with van der Waals surface area (Å²) in [4.78, 5) is 24.9. The first kappa shape index (κ1) is 19.1. The number of thioether (sulfide) groups is 1. The van der Waals surface area contributed by atoms with E-state index >= 15 is 0 Å². The highest BCUT2D eigenvalue weighted by Crippen LogP contribution is 2.27. The van der Waals surface area contributed by atoms with Crippen LogP contribution in [-0.4, -0.2) is 30.8 Å². The third-order valence-corrected chi connectivity index (χ3v) is 4.48. The molecule has 5 nitrogen and oxygen atoms in total. The Morgan fingerprint density at radius 2 is 1.92 bits per heavy atom. The topological polar surface area (TPSA) is 64.6 Å². The zero-order valence-electron chi connectivity index (χ0n) is 13.8. The standard InChI is InChI=1S/C18H18ClNO4S/c1-12(24-17(21)11-25-14-6-4-3-5-7-14)18(22)20-13-8-9-16(23-2)15(19)10-13/h3-10,12H,11H2,1-2H3,(H,20,22)/t12-/m1/s1. The van der Waals surface area contributed by atoms with Gasteiger partial charge in [0, 0.05) is 10.6 Å². The maximum absolute atomic E-state index is 12.1. The second-order valence-electron chi connectivity index (χ2n) is 5.07. The SMILES string of the molecule is COc1ccc(NC(=O)[C@@H](C)OC(=O)CSc2ccccc2)cc1Cl. The summed E-state index contributed by atoms with van der Waals surface area (Å²) in [6, 6.07) is 14.4. The summed E-state index contributed by atoms with van der Waals surface area (Å²) in [5, 5.41) is 3.03. The van der Waals surface area contributed by atoms with Gasteiger partial charge < -0.3 is 14.8 Å². The summed E-state index contributed by atoms with van der Waals surface area (Å²) < 4.78 is 10.2. The number of halogens is 1. The van der Waals surface area contributed by atoms with Crippen LogP contribution >= 0.6 is 23.4 Å². The second kappa shape index (κ2) is 9.34. The molecule has 0 aromatic heterocycles. The number of rotatable bonds is 7. The first-order chi connectivity index (χ1) is 12.0. The number of benzene rings is 2. The number of amides is 1. The molecule has 0 spiro atoms. The number of hydrogen-bond acceptors (Lipinski definition) is 5. The van der Waals surface area contributed by atoms with Gasteiger partial charge in [-0.15, -0.1) is 11.8 Å². The molecule has 0 heterocycles. The van der Waals surface area contributed by atoms with Crippen molar-refractivity contribution in [3.8, 4) is 5.75 Å². The molecule has 0 aliphatic rings. The number of esters is 1. The Morgan fingerprint density at radius 3 is 2.56 bits per heavy atom. The summed E-state index contributed by atoms with van der Waals surface area (Å²) in [7, 11) is 1.51. The highest BCUT2D eigenvalue weighted by atomic mass is 35.5. The van der Waals surface area contributed by atoms with E-state index in [-0.39, 0.29) is 5.75 Å². The van der Waals surface area contributed by atoms with Gasteiger partial charge in [0.1, 0.15) is 5.75 Å². The average molecular weight is 380 g/mol. The van der Waals surface area contributed by atoms with Gasteiger partial charge >= 0.3 is 5.97 Å². The summed E-state index contributed by atoms with van der Waals surface area (Å²) in [5.41, 5.74) is 0.498. The normalized spacial score (nSPS) is 11.5. The van der Waals surface area contributed by atoms with E-state index in [0.29, 0.717) is 16.5 Å². The number of carbonyl (C=O) groups excluding carboxylic acids is 2. The Labute approximate surface area is 155 Å². The van der Waals surface area contributed by atoms with Crippen molar-refractivity contribution in [2.24, 2.45) is 0 Å². The van der Waals surface area contributed by atoms with E-state index in [9.17, 15) is 9.59 Å². The fourth-order valence-corrected chi connectivity index (χ4v) is 2.89. The van der Waals surface area contributed by atoms with Crippen LogP contribution in [0.1, 0.15) is 6.92 Å². The van der Waals surface area contributed by atoms with Gasteiger partial charge in [0.2, 0.25) is 0 Å². The lowest BCUT2D eigenvalue weighted by Crippen LogP contribution is -2.30. The van der Waals surface area contributed by atoms with Crippen LogP contribution in [0.2, 0.25) is 5.02 Å². The quantitative estimate of drug-likeness (QED) is 0.581. The van der Waals surface area contributed by atoms with Crippen LogP contribution in [0.4, 0.5) is 5.69 Å². The van der Waals surface area contributed by atoms with Gasteiger partial charge in [-0.2, -0.15) is 0 Å². The third-order valence-electron chi connectivity index (χ3n) is 3.20. The van der Waals surface area contributed by atoms with Crippen LogP contribution in [0.25, 0.3) is 0 Å². The Hall–Kier alpha value is -2.18. The van der Waals surface area contributed by atoms with Crippen LogP contribution < -0.4 is 10.1 Å². The van der Waals surface area contributed by atoms with Crippen LogP contribution in [0.5, 0.6) is 5.75 Å². The molecule has 1 atom stereocenters. The number of methoxy groups -OCH3 is 1. The van der Waals surface area contributed by atoms with Crippen molar-refractivity contribution in [2.75, 3.05) is 18.2 Å². The van der Waals surface area contributed by atoms with Crippen molar-refractivity contribution in [3.63, 3.8) is 0 Å². The number of nitrogens with one attached hydrogen (secondary N) is 1. The summed E-state index contributed by atoms with van der Waals surface area (Å²) in [6.07, 6.45) is -0.912. The van der Waals surface area contributed by atoms with Gasteiger partial charge in [-0.1, -0.05) is 29.8 Å². The first-order valence-corrected chi connectivity index (χ1v) is 8.87. The van der Waals surface area contributed by atoms with Gasteiger partial charge in [0.05, 0.1) is 17.9 Å². The molecule has 1 amide bonds. The lowest BCUT2D eigenvalue weighted by Gasteiger charge is -2.14. The molecule has 2 aromatic rings. The molecule has 0 aliphatic carbocycles. The predicted molar refractivity (Wildman–Crippen MR) is 99.4 cm³/mol. The summed E-state index contributed by atoms with van der Waals surface area (Å²) in [6.45, 7) is 1.52. The Balaban J connectivity index is 1.83. The number of ether oxygens (including phenoxy) is 2. The Morgan fingerprint density at radius 1 is 1.20 bits per heavy atom. The minimum absolute atomic E-state index is 0.135. The number of hydrogen-bond donors (Lipinski definition) is 1. The Kier molecular flexibility index (Phi) is 7.16. The van der Waals surface area contributed by atoms with Crippen molar-refractivity contribution >= 4 is 40.9 Å². The van der Waals surface area contributed by atoms with Crippen molar-refractivity contribution in [1.29, 1.82) is 0 Å². The number of anilines is 1. The van der Waals surface area contributed by atoms with E-state index < -0.39 is 18.0 Å². The van der Waals surface area contributed by atoms with Gasteiger partial charge in [-0.05, 0) is 37.3 Å². The highest BCUT2D eigenvalue weighted by molar-refractivity contribution is 8.00. The van der Waals surface area contributed by atoms with E-state index in [1.165, 1.54) is 25.8 Å². The van der Waals surface area contributed by atoms with Crippen molar-refractivity contribution in [1.82, 2.24) is 0 Å². The fourth-order valence-electron chi connectivity index (χ4n) is 1.93. The van der Waals surface area contributed by atoms with Crippen LogP contribution in [0.3, 0.4) is 0 Å². The van der Waals surface area contributed by atoms with E-state index in [1.54, 1.807) is 18.2 Å². The van der Waals surface area contributed by atoms with Crippen LogP contribution in [-0.2, 0) is 14.3 Å². The van der Waals surface area contributed by atoms with Crippen LogP contribution in [0, 0.1) is 0 Å². The molecule has 132 valence electrons. The molecule has 0 saturated heterocycles. The minimum Gasteiger partial charge on any atom is -0.495 e. The highest BCUT2D eigenvalue weighted by Gasteiger charge is 2.18. The molecule has 0 unspecified atom stereocenters. The molecule has 0 radical (unpaired) electrons. The maximum Gasteiger partial charge on any atom is 0.317 e. The molecule has 7 heteroatoms. The molecule has 2 rings (SSSR count). The first-order valence-electron chi connectivity index (χ1n) is 7.51. The van der Waals surface area contributed by atoms with Crippen molar-refractivity contribution in [2.45, 2.75) is 17.9 Å². The molecule has 2 aromatic carbocycles. The summed E-state index contributed by atoms with van der Waals surface area (Å²) >= 11 is 7.37. The molecular weight excluding hydrogens is 362 g/mol. The largest absolute Gasteiger partial charge is 0.495 e. The average Bonchev–Trinajstić information content (AvgIpc) is 2.61. The molecule has 0 fully saturated rings. The van der Waals surface area contributed by atoms with Crippen LogP contribution in [0.15, 0.2) is 53.4 Å². The molecular formula is C18H18ClNO4S. The maximum atomic E-state index is 12.1. The molecule has 0 bridgehead atoms. The van der Waals surface area contributed by atoms with Crippen molar-refractivity contribution in [3.05, 3.63) is 53.6 Å². The van der Waals surface area contributed by atoms with Gasteiger partial charge in [0.25, 0.3) is 5.91 Å². The van der Waals surface area contributed by atoms with Gasteiger partial charge in [0.15, 0.2) is 6.10 Å². The predicted octanol–water partition coefficient (Wildman–Crippen LogP) is 4.01. The van der Waals surface area contributed by atoms with E-state index in [4.69, 9.17) is 21.1 Å². The molecule has 0 saturated carbocycles. The lowest BCUT2D eigenvalue weighted by atomic mass is 10.3. The third kappa shape index (κ3) is 5.99. The van der Waals surface area contributed by atoms with Gasteiger partial charge in [-0.25, -0.2) is 0 Å². The monoisotopic (exact) mass is 379 g/mol. The second-order valence-corrected chi connectivity index (χ2v) is 6.53. The molecule has 1 N–H and O–H groups in total. The molecule has 0 aliphatic heterocycles. The number of carbonyl (C=O) groups is 2. The Bertz CT molecular complexity index is 739. The molecule has 25 heavy (non-hydrogen) atoms. The smallest absolute Gasteiger partial charge is 0.317 e. The van der Waals surface area contributed by atoms with Gasteiger partial charge in [-0.3, -0.25) is 9.59 Å². The lowest BCUT2D eigenvalue weighted by molar-refractivity contribution is -0.150. The zero-order valence-corrected chi connectivity index (χ0v) is 15.4. The van der Waals surface area contributed by atoms with E-state index in [0.717, 1.165) is 4.90 Å². The fraction of sp³-hybridized carbons (Fsp3) is 0.222. The zero-order chi connectivity index (χ0) is 18.2. The van der Waals surface area contributed by atoms with Crippen molar-refractivity contribution < 1.29 is 19.1 Å². The van der Waals surface area contributed by atoms with E-state index in [1.807, 2.05) is 30.3 Å².